The summed E-state index contributed by atoms with van der Waals surface area (Å²) < 4.78 is 30.1. The first-order chi connectivity index (χ1) is 15.8. The summed E-state index contributed by atoms with van der Waals surface area (Å²) in [5.41, 5.74) is 2.48. The number of sulfonamides is 1. The number of rotatable bonds is 8. The summed E-state index contributed by atoms with van der Waals surface area (Å²) in [5.74, 6) is 1.23. The van der Waals surface area contributed by atoms with E-state index < -0.39 is 10.0 Å². The molecule has 0 bridgehead atoms. The molecule has 9 nitrogen and oxygen atoms in total. The van der Waals surface area contributed by atoms with Gasteiger partial charge in [0, 0.05) is 11.3 Å². The number of aromatic nitrogens is 3. The zero-order valence-electron chi connectivity index (χ0n) is 17.6. The molecule has 33 heavy (non-hydrogen) atoms. The number of aryl methyl sites for hydroxylation is 1. The maximum absolute atomic E-state index is 12.5. The van der Waals surface area contributed by atoms with E-state index in [1.807, 2.05) is 47.9 Å². The van der Waals surface area contributed by atoms with Crippen molar-refractivity contribution in [2.24, 2.45) is 5.14 Å². The number of carbonyl (C=O) groups excluding carboxylic acids is 1. The summed E-state index contributed by atoms with van der Waals surface area (Å²) in [5, 5.41) is 17.0. The molecule has 170 valence electrons. The lowest BCUT2D eigenvalue weighted by Gasteiger charge is -2.10. The van der Waals surface area contributed by atoms with Gasteiger partial charge in [0.05, 0.1) is 23.5 Å². The van der Waals surface area contributed by atoms with Crippen molar-refractivity contribution in [2.45, 2.75) is 23.5 Å². The van der Waals surface area contributed by atoms with E-state index in [9.17, 15) is 13.2 Å². The molecule has 2 aromatic carbocycles. The number of primary sulfonamides is 1. The molecule has 0 atom stereocenters. The average molecular weight is 484 g/mol. The van der Waals surface area contributed by atoms with Crippen molar-refractivity contribution < 1.29 is 17.6 Å². The molecule has 0 aliphatic heterocycles. The van der Waals surface area contributed by atoms with Gasteiger partial charge in [-0.2, -0.15) is 0 Å². The Morgan fingerprint density at radius 2 is 1.91 bits per heavy atom. The Bertz CT molecular complexity index is 1360. The van der Waals surface area contributed by atoms with Gasteiger partial charge in [-0.05, 0) is 49.4 Å². The molecule has 0 fully saturated rings. The quantitative estimate of drug-likeness (QED) is 0.367. The number of thioether (sulfide) groups is 1. The minimum atomic E-state index is -3.79. The molecule has 2 heterocycles. The highest BCUT2D eigenvalue weighted by Crippen LogP contribution is 2.26. The van der Waals surface area contributed by atoms with Crippen molar-refractivity contribution in [2.75, 3.05) is 11.1 Å². The summed E-state index contributed by atoms with van der Waals surface area (Å²) >= 11 is 1.24. The second-order valence-corrected chi connectivity index (χ2v) is 9.75. The van der Waals surface area contributed by atoms with E-state index in [0.29, 0.717) is 23.2 Å². The van der Waals surface area contributed by atoms with Gasteiger partial charge in [0.2, 0.25) is 15.9 Å². The molecule has 0 unspecified atom stereocenters. The molecule has 0 aliphatic carbocycles. The van der Waals surface area contributed by atoms with Crippen LogP contribution in [-0.2, 0) is 21.4 Å². The van der Waals surface area contributed by atoms with Crippen molar-refractivity contribution in [1.29, 1.82) is 0 Å². The van der Waals surface area contributed by atoms with E-state index in [2.05, 4.69) is 15.5 Å². The maximum Gasteiger partial charge on any atom is 0.238 e. The highest BCUT2D eigenvalue weighted by atomic mass is 32.2. The van der Waals surface area contributed by atoms with Crippen LogP contribution in [0, 0.1) is 6.92 Å². The minimum Gasteiger partial charge on any atom is -0.467 e. The van der Waals surface area contributed by atoms with Crippen molar-refractivity contribution in [3.05, 3.63) is 78.3 Å². The highest BCUT2D eigenvalue weighted by Gasteiger charge is 2.17. The van der Waals surface area contributed by atoms with E-state index in [0.717, 1.165) is 16.9 Å². The van der Waals surface area contributed by atoms with Gasteiger partial charge in [-0.3, -0.25) is 9.36 Å². The predicted octanol–water partition coefficient (Wildman–Crippen LogP) is 3.27. The number of furan rings is 1. The number of benzene rings is 2. The fraction of sp³-hybridized carbons (Fsp3) is 0.136. The van der Waals surface area contributed by atoms with Crippen molar-refractivity contribution >= 4 is 33.4 Å². The van der Waals surface area contributed by atoms with Gasteiger partial charge in [0.1, 0.15) is 5.76 Å². The van der Waals surface area contributed by atoms with E-state index in [1.165, 1.54) is 36.0 Å². The van der Waals surface area contributed by atoms with Gasteiger partial charge in [-0.15, -0.1) is 10.2 Å². The maximum atomic E-state index is 12.5. The van der Waals surface area contributed by atoms with E-state index in [1.54, 1.807) is 6.26 Å². The summed E-state index contributed by atoms with van der Waals surface area (Å²) in [6, 6.07) is 17.3. The Balaban J connectivity index is 1.50. The first-order valence-electron chi connectivity index (χ1n) is 9.88. The molecular formula is C22H21N5O4S2. The molecule has 0 saturated heterocycles. The number of carbonyl (C=O) groups is 1. The number of amides is 1. The van der Waals surface area contributed by atoms with Crippen molar-refractivity contribution in [3.8, 4) is 11.4 Å². The Kier molecular flexibility index (Phi) is 6.63. The zero-order chi connectivity index (χ0) is 23.4. The molecule has 0 radical (unpaired) electrons. The van der Waals surface area contributed by atoms with Crippen LogP contribution in [-0.4, -0.2) is 34.8 Å². The molecule has 4 rings (SSSR count). The topological polar surface area (TPSA) is 133 Å². The Morgan fingerprint density at radius 1 is 1.12 bits per heavy atom. The number of nitrogens with two attached hydrogens (primary N) is 1. The number of nitrogens with zero attached hydrogens (tertiary/aromatic N) is 3. The van der Waals surface area contributed by atoms with Crippen LogP contribution in [0.4, 0.5) is 5.69 Å². The Hall–Kier alpha value is -3.41. The molecule has 0 saturated carbocycles. The Labute approximate surface area is 195 Å². The highest BCUT2D eigenvalue weighted by molar-refractivity contribution is 7.99. The summed E-state index contributed by atoms with van der Waals surface area (Å²) in [6.45, 7) is 2.43. The molecular weight excluding hydrogens is 462 g/mol. The lowest BCUT2D eigenvalue weighted by atomic mass is 10.1. The lowest BCUT2D eigenvalue weighted by Crippen LogP contribution is -2.15. The standard InChI is InChI=1S/C22H21N5O4S2/c1-15-4-2-5-16(12-15)21-25-26-22(27(21)13-18-6-3-11-31-18)32-14-20(28)24-17-7-9-19(10-8-17)33(23,29)30/h2-12H,13-14H2,1H3,(H,24,28)(H2,23,29,30). The molecule has 4 aromatic rings. The number of anilines is 1. The van der Waals surface area contributed by atoms with Crippen LogP contribution >= 0.6 is 11.8 Å². The fourth-order valence-corrected chi connectivity index (χ4v) is 4.40. The minimum absolute atomic E-state index is 0.0235. The van der Waals surface area contributed by atoms with Crippen molar-refractivity contribution in [1.82, 2.24) is 14.8 Å². The Morgan fingerprint density at radius 3 is 2.58 bits per heavy atom. The van der Waals surface area contributed by atoms with Gasteiger partial charge < -0.3 is 9.73 Å². The van der Waals surface area contributed by atoms with Crippen LogP contribution < -0.4 is 10.5 Å². The fourth-order valence-electron chi connectivity index (χ4n) is 3.15. The van der Waals surface area contributed by atoms with E-state index in [-0.39, 0.29) is 16.6 Å². The average Bonchev–Trinajstić information content (AvgIpc) is 3.42. The number of hydrogen-bond donors (Lipinski definition) is 2. The van der Waals surface area contributed by atoms with E-state index >= 15 is 0 Å². The lowest BCUT2D eigenvalue weighted by molar-refractivity contribution is -0.113. The molecule has 0 spiro atoms. The zero-order valence-corrected chi connectivity index (χ0v) is 19.3. The smallest absolute Gasteiger partial charge is 0.238 e. The van der Waals surface area contributed by atoms with Gasteiger partial charge in [0.15, 0.2) is 11.0 Å². The van der Waals surface area contributed by atoms with Crippen LogP contribution in [0.2, 0.25) is 0 Å². The molecule has 1 amide bonds. The predicted molar refractivity (Wildman–Crippen MR) is 125 cm³/mol. The van der Waals surface area contributed by atoms with Gasteiger partial charge in [-0.25, -0.2) is 13.6 Å². The van der Waals surface area contributed by atoms with Gasteiger partial charge in [-0.1, -0.05) is 35.5 Å². The number of nitrogens with one attached hydrogen (secondary N) is 1. The summed E-state index contributed by atoms with van der Waals surface area (Å²) in [4.78, 5) is 12.4. The second-order valence-electron chi connectivity index (χ2n) is 7.25. The third kappa shape index (κ3) is 5.69. The first kappa shape index (κ1) is 22.8. The SMILES string of the molecule is Cc1cccc(-c2nnc(SCC(=O)Nc3ccc(S(N)(=O)=O)cc3)n2Cc2ccco2)c1. The molecule has 11 heteroatoms. The normalized spacial score (nSPS) is 11.5. The van der Waals surface area contributed by atoms with Crippen LogP contribution in [0.25, 0.3) is 11.4 Å². The molecule has 2 aromatic heterocycles. The molecule has 0 aliphatic rings. The second kappa shape index (κ2) is 9.61. The molecule has 3 N–H and O–H groups in total. The van der Waals surface area contributed by atoms with Crippen LogP contribution in [0.3, 0.4) is 0 Å². The van der Waals surface area contributed by atoms with Gasteiger partial charge in [0.25, 0.3) is 0 Å². The largest absolute Gasteiger partial charge is 0.467 e. The van der Waals surface area contributed by atoms with E-state index in [4.69, 9.17) is 9.56 Å². The third-order valence-electron chi connectivity index (χ3n) is 4.69. The van der Waals surface area contributed by atoms with Crippen LogP contribution in [0.1, 0.15) is 11.3 Å². The van der Waals surface area contributed by atoms with Crippen LogP contribution in [0.5, 0.6) is 0 Å². The first-order valence-corrected chi connectivity index (χ1v) is 12.4. The summed E-state index contributed by atoms with van der Waals surface area (Å²) in [6.07, 6.45) is 1.60. The third-order valence-corrected chi connectivity index (χ3v) is 6.58. The number of hydrogen-bond acceptors (Lipinski definition) is 7. The monoisotopic (exact) mass is 483 g/mol. The van der Waals surface area contributed by atoms with Crippen LogP contribution in [0.15, 0.2) is 81.4 Å². The van der Waals surface area contributed by atoms with Crippen molar-refractivity contribution in [3.63, 3.8) is 0 Å². The summed E-state index contributed by atoms with van der Waals surface area (Å²) in [7, 11) is -3.79. The van der Waals surface area contributed by atoms with Gasteiger partial charge >= 0.3 is 0 Å².